The van der Waals surface area contributed by atoms with Gasteiger partial charge >= 0.3 is 0 Å². The van der Waals surface area contributed by atoms with Crippen LogP contribution in [0.1, 0.15) is 34.4 Å². The molecule has 5 heteroatoms. The minimum Gasteiger partial charge on any atom is -0.489 e. The second kappa shape index (κ2) is 9.66. The number of amides is 1. The van der Waals surface area contributed by atoms with Gasteiger partial charge in [0.2, 0.25) is 5.91 Å². The van der Waals surface area contributed by atoms with E-state index >= 15 is 0 Å². The zero-order chi connectivity index (χ0) is 24.1. The molecule has 1 unspecified atom stereocenters. The van der Waals surface area contributed by atoms with Crippen LogP contribution in [0.2, 0.25) is 0 Å². The lowest BCUT2D eigenvalue weighted by Gasteiger charge is -2.38. The Hall–Kier alpha value is -4.69. The number of pyridine rings is 1. The Labute approximate surface area is 204 Å². The summed E-state index contributed by atoms with van der Waals surface area (Å²) in [5.74, 6) is 0.386. The number of hydrogen-bond acceptors (Lipinski definition) is 4. The van der Waals surface area contributed by atoms with E-state index in [1.54, 1.807) is 18.5 Å². The minimum atomic E-state index is -1.18. The molecule has 1 atom stereocenters. The smallest absolute Gasteiger partial charge is 0.239 e. The third kappa shape index (κ3) is 4.18. The van der Waals surface area contributed by atoms with Crippen LogP contribution in [-0.2, 0) is 16.8 Å². The average molecular weight is 458 g/mol. The number of carbonyl (C=O) groups excluding carboxylic acids is 1. The number of aromatic nitrogens is 1. The molecular weight excluding hydrogens is 434 g/mol. The highest BCUT2D eigenvalue weighted by Crippen LogP contribution is 2.47. The molecule has 5 rings (SSSR count). The van der Waals surface area contributed by atoms with Crippen LogP contribution in [0.3, 0.4) is 0 Å². The molecular formula is C30H23N3O2. The molecule has 0 radical (unpaired) electrons. The maximum Gasteiger partial charge on any atom is 0.239 e. The van der Waals surface area contributed by atoms with Crippen molar-refractivity contribution in [1.29, 1.82) is 5.26 Å². The quantitative estimate of drug-likeness (QED) is 0.422. The van der Waals surface area contributed by atoms with Gasteiger partial charge in [-0.05, 0) is 47.4 Å². The van der Waals surface area contributed by atoms with Crippen LogP contribution in [0.15, 0.2) is 109 Å². The second-order valence-electron chi connectivity index (χ2n) is 8.37. The van der Waals surface area contributed by atoms with Crippen molar-refractivity contribution in [3.05, 3.63) is 137 Å². The number of nitriles is 1. The van der Waals surface area contributed by atoms with Crippen LogP contribution >= 0.6 is 0 Å². The number of para-hydroxylation sites is 1. The van der Waals surface area contributed by atoms with E-state index in [-0.39, 0.29) is 5.91 Å². The molecule has 0 spiro atoms. The van der Waals surface area contributed by atoms with E-state index in [1.165, 1.54) is 0 Å². The molecule has 1 aromatic heterocycles. The summed E-state index contributed by atoms with van der Waals surface area (Å²) in [5, 5.41) is 12.9. The molecule has 2 heterocycles. The maximum atomic E-state index is 13.8. The van der Waals surface area contributed by atoms with Crippen LogP contribution in [0.5, 0.6) is 5.75 Å². The Morgan fingerprint density at radius 1 is 0.886 bits per heavy atom. The number of allylic oxidation sites excluding steroid dienone is 1. The van der Waals surface area contributed by atoms with Crippen molar-refractivity contribution >= 4 is 11.5 Å². The van der Waals surface area contributed by atoms with Crippen LogP contribution in [-0.4, -0.2) is 10.9 Å². The number of ether oxygens (including phenoxy) is 1. The van der Waals surface area contributed by atoms with E-state index < -0.39 is 5.41 Å². The molecule has 1 amide bonds. The largest absolute Gasteiger partial charge is 0.489 e. The van der Waals surface area contributed by atoms with Gasteiger partial charge in [0.15, 0.2) is 0 Å². The van der Waals surface area contributed by atoms with Gasteiger partial charge in [-0.3, -0.25) is 9.78 Å². The summed E-state index contributed by atoms with van der Waals surface area (Å²) < 4.78 is 6.29. The molecule has 1 N–H and O–H groups in total. The number of benzene rings is 3. The lowest BCUT2D eigenvalue weighted by atomic mass is 9.66. The van der Waals surface area contributed by atoms with Gasteiger partial charge in [0, 0.05) is 18.0 Å². The number of rotatable bonds is 6. The van der Waals surface area contributed by atoms with Crippen molar-refractivity contribution in [1.82, 2.24) is 10.3 Å². The Balaban J connectivity index is 1.67. The van der Waals surface area contributed by atoms with Crippen molar-refractivity contribution in [3.8, 4) is 11.8 Å². The summed E-state index contributed by atoms with van der Waals surface area (Å²) >= 11 is 0. The first-order chi connectivity index (χ1) is 17.2. The summed E-state index contributed by atoms with van der Waals surface area (Å²) in [6.07, 6.45) is 3.78. The third-order valence-corrected chi connectivity index (χ3v) is 6.31. The molecule has 0 saturated carbocycles. The number of hydrogen-bond donors (Lipinski definition) is 1. The maximum absolute atomic E-state index is 13.8. The number of carbonyl (C=O) groups is 1. The predicted molar refractivity (Wildman–Crippen MR) is 134 cm³/mol. The Bertz CT molecular complexity index is 1420. The average Bonchev–Trinajstić information content (AvgIpc) is 2.93. The monoisotopic (exact) mass is 457 g/mol. The van der Waals surface area contributed by atoms with E-state index in [4.69, 9.17) is 4.74 Å². The molecule has 1 aliphatic rings. The standard InChI is InChI=1S/C30H23N3O2/c31-19-23-12-4-5-13-25(23)30(18-24(20-33-29(30)34)27-15-8-9-17-32-27)26-14-6-7-16-28(26)35-21-22-10-2-1-3-11-22/h1-17,20H,18,21H2,(H,33,34). The first-order valence-electron chi connectivity index (χ1n) is 11.4. The van der Waals surface area contributed by atoms with Gasteiger partial charge in [-0.1, -0.05) is 72.8 Å². The van der Waals surface area contributed by atoms with Crippen LogP contribution in [0, 0.1) is 11.3 Å². The van der Waals surface area contributed by atoms with Gasteiger partial charge in [-0.15, -0.1) is 0 Å². The van der Waals surface area contributed by atoms with E-state index in [0.717, 1.165) is 16.8 Å². The summed E-state index contributed by atoms with van der Waals surface area (Å²) in [5.41, 5.74) is 3.28. The summed E-state index contributed by atoms with van der Waals surface area (Å²) in [7, 11) is 0. The third-order valence-electron chi connectivity index (χ3n) is 6.31. The molecule has 0 fully saturated rings. The molecule has 5 nitrogen and oxygen atoms in total. The zero-order valence-electron chi connectivity index (χ0n) is 19.0. The minimum absolute atomic E-state index is 0.212. The SMILES string of the molecule is N#Cc1ccccc1C1(c2ccccc2OCc2ccccc2)CC(c2ccccn2)=CNC1=O. The fraction of sp³-hybridized carbons (Fsp3) is 0.100. The van der Waals surface area contributed by atoms with Crippen LogP contribution < -0.4 is 10.1 Å². The Morgan fingerprint density at radius 3 is 2.37 bits per heavy atom. The van der Waals surface area contributed by atoms with Gasteiger partial charge in [0.1, 0.15) is 17.8 Å². The Kier molecular flexibility index (Phi) is 6.11. The van der Waals surface area contributed by atoms with Gasteiger partial charge < -0.3 is 10.1 Å². The zero-order valence-corrected chi connectivity index (χ0v) is 19.0. The van der Waals surface area contributed by atoms with E-state index in [2.05, 4.69) is 16.4 Å². The Morgan fingerprint density at radius 2 is 1.60 bits per heavy atom. The summed E-state index contributed by atoms with van der Waals surface area (Å²) in [6.45, 7) is 0.360. The van der Waals surface area contributed by atoms with Crippen LogP contribution in [0.25, 0.3) is 5.57 Å². The highest BCUT2D eigenvalue weighted by Gasteiger charge is 2.48. The molecule has 1 aliphatic heterocycles. The highest BCUT2D eigenvalue weighted by molar-refractivity contribution is 5.98. The lowest BCUT2D eigenvalue weighted by Crippen LogP contribution is -2.47. The van der Waals surface area contributed by atoms with E-state index in [9.17, 15) is 10.1 Å². The molecule has 0 bridgehead atoms. The van der Waals surface area contributed by atoms with Gasteiger partial charge in [0.25, 0.3) is 0 Å². The van der Waals surface area contributed by atoms with Gasteiger partial charge in [-0.25, -0.2) is 0 Å². The van der Waals surface area contributed by atoms with E-state index in [0.29, 0.717) is 35.5 Å². The van der Waals surface area contributed by atoms with Crippen molar-refractivity contribution in [2.24, 2.45) is 0 Å². The molecule has 4 aromatic rings. The van der Waals surface area contributed by atoms with Crippen LogP contribution in [0.4, 0.5) is 0 Å². The molecule has 0 aliphatic carbocycles. The first kappa shape index (κ1) is 22.1. The topological polar surface area (TPSA) is 75.0 Å². The van der Waals surface area contributed by atoms with Crippen molar-refractivity contribution in [2.45, 2.75) is 18.4 Å². The predicted octanol–water partition coefficient (Wildman–Crippen LogP) is 5.38. The van der Waals surface area contributed by atoms with Gasteiger partial charge in [0.05, 0.1) is 17.3 Å². The summed E-state index contributed by atoms with van der Waals surface area (Å²) in [4.78, 5) is 18.4. The van der Waals surface area contributed by atoms with E-state index in [1.807, 2.05) is 91.0 Å². The lowest BCUT2D eigenvalue weighted by molar-refractivity contribution is -0.124. The molecule has 0 saturated heterocycles. The first-order valence-corrected chi connectivity index (χ1v) is 11.4. The highest BCUT2D eigenvalue weighted by atomic mass is 16.5. The van der Waals surface area contributed by atoms with Crippen molar-refractivity contribution < 1.29 is 9.53 Å². The number of nitrogens with one attached hydrogen (secondary N) is 1. The van der Waals surface area contributed by atoms with Crippen molar-refractivity contribution in [3.63, 3.8) is 0 Å². The molecule has 170 valence electrons. The van der Waals surface area contributed by atoms with Crippen molar-refractivity contribution in [2.75, 3.05) is 0 Å². The molecule has 35 heavy (non-hydrogen) atoms. The second-order valence-corrected chi connectivity index (χ2v) is 8.37. The normalized spacial score (nSPS) is 17.1. The fourth-order valence-electron chi connectivity index (χ4n) is 4.62. The summed E-state index contributed by atoms with van der Waals surface area (Å²) in [6, 6.07) is 32.7. The molecule has 3 aromatic carbocycles. The van der Waals surface area contributed by atoms with Gasteiger partial charge in [-0.2, -0.15) is 5.26 Å². The fourth-order valence-corrected chi connectivity index (χ4v) is 4.62. The number of nitrogens with zero attached hydrogens (tertiary/aromatic N) is 2.